The second-order valence-electron chi connectivity index (χ2n) is 4.27. The van der Waals surface area contributed by atoms with Crippen LogP contribution in [0, 0.1) is 17.5 Å². The first-order valence-electron chi connectivity index (χ1n) is 6.11. The van der Waals surface area contributed by atoms with Crippen LogP contribution >= 0.6 is 0 Å². The fraction of sp³-hybridized carbons (Fsp3) is 0.200. The van der Waals surface area contributed by atoms with Crippen LogP contribution in [0.15, 0.2) is 36.4 Å². The van der Waals surface area contributed by atoms with Gasteiger partial charge in [-0.1, -0.05) is 12.1 Å². The van der Waals surface area contributed by atoms with Gasteiger partial charge in [0.1, 0.15) is 12.7 Å². The maximum atomic E-state index is 13.5. The van der Waals surface area contributed by atoms with Gasteiger partial charge in [-0.05, 0) is 29.8 Å². The van der Waals surface area contributed by atoms with Gasteiger partial charge < -0.3 is 14.6 Å². The Kier molecular flexibility index (Phi) is 4.70. The number of aliphatic hydroxyl groups excluding tert-OH is 1. The number of methoxy groups -OCH3 is 1. The van der Waals surface area contributed by atoms with E-state index in [1.807, 2.05) is 0 Å². The smallest absolute Gasteiger partial charge is 0.200 e. The molecule has 1 atom stereocenters. The van der Waals surface area contributed by atoms with Crippen molar-refractivity contribution in [3.8, 4) is 11.5 Å². The maximum absolute atomic E-state index is 13.5. The predicted octanol–water partition coefficient (Wildman–Crippen LogP) is 3.22. The molecule has 0 amide bonds. The average molecular weight is 298 g/mol. The Morgan fingerprint density at radius 3 is 2.48 bits per heavy atom. The topological polar surface area (TPSA) is 38.7 Å². The molecule has 2 rings (SSSR count). The first kappa shape index (κ1) is 15.2. The van der Waals surface area contributed by atoms with Crippen molar-refractivity contribution in [1.82, 2.24) is 0 Å². The molecule has 3 nitrogen and oxygen atoms in total. The molecule has 21 heavy (non-hydrogen) atoms. The second kappa shape index (κ2) is 6.49. The molecule has 0 spiro atoms. The molecule has 2 aromatic rings. The molecule has 6 heteroatoms. The SMILES string of the molecule is COc1ccc(C(O)COc2cccc(F)c2F)cc1F. The second-order valence-corrected chi connectivity index (χ2v) is 4.27. The van der Waals surface area contributed by atoms with E-state index in [9.17, 15) is 18.3 Å². The van der Waals surface area contributed by atoms with Crippen molar-refractivity contribution < 1.29 is 27.8 Å². The zero-order valence-corrected chi connectivity index (χ0v) is 11.1. The van der Waals surface area contributed by atoms with E-state index >= 15 is 0 Å². The molecule has 1 unspecified atom stereocenters. The summed E-state index contributed by atoms with van der Waals surface area (Å²) >= 11 is 0. The van der Waals surface area contributed by atoms with Gasteiger partial charge in [0.15, 0.2) is 23.1 Å². The van der Waals surface area contributed by atoms with Gasteiger partial charge in [0.05, 0.1) is 7.11 Å². The van der Waals surface area contributed by atoms with Gasteiger partial charge in [-0.25, -0.2) is 8.78 Å². The van der Waals surface area contributed by atoms with E-state index in [4.69, 9.17) is 9.47 Å². The minimum atomic E-state index is -1.19. The zero-order chi connectivity index (χ0) is 15.4. The molecule has 2 aromatic carbocycles. The largest absolute Gasteiger partial charge is 0.494 e. The Morgan fingerprint density at radius 1 is 1.05 bits per heavy atom. The van der Waals surface area contributed by atoms with E-state index < -0.39 is 23.6 Å². The first-order valence-corrected chi connectivity index (χ1v) is 6.11. The summed E-state index contributed by atoms with van der Waals surface area (Å²) in [7, 11) is 1.32. The number of ether oxygens (including phenoxy) is 2. The highest BCUT2D eigenvalue weighted by Crippen LogP contribution is 2.24. The van der Waals surface area contributed by atoms with E-state index in [-0.39, 0.29) is 23.7 Å². The minimum Gasteiger partial charge on any atom is -0.494 e. The summed E-state index contributed by atoms with van der Waals surface area (Å²) in [5.41, 5.74) is 0.241. The highest BCUT2D eigenvalue weighted by molar-refractivity contribution is 5.31. The zero-order valence-electron chi connectivity index (χ0n) is 11.1. The molecular weight excluding hydrogens is 285 g/mol. The van der Waals surface area contributed by atoms with Crippen molar-refractivity contribution in [3.63, 3.8) is 0 Å². The lowest BCUT2D eigenvalue weighted by Gasteiger charge is -2.14. The quantitative estimate of drug-likeness (QED) is 0.921. The van der Waals surface area contributed by atoms with Crippen molar-refractivity contribution in [2.75, 3.05) is 13.7 Å². The Morgan fingerprint density at radius 2 is 1.81 bits per heavy atom. The Hall–Kier alpha value is -2.21. The summed E-state index contributed by atoms with van der Waals surface area (Å²) in [6, 6.07) is 7.38. The highest BCUT2D eigenvalue weighted by atomic mass is 19.2. The fourth-order valence-electron chi connectivity index (χ4n) is 1.75. The molecule has 0 bridgehead atoms. The standard InChI is InChI=1S/C15H13F3O3/c1-20-13-6-5-9(7-11(13)17)12(19)8-21-14-4-2-3-10(16)15(14)18/h2-7,12,19H,8H2,1H3. The summed E-state index contributed by atoms with van der Waals surface area (Å²) in [5.74, 6) is -3.08. The Bertz CT molecular complexity index is 632. The summed E-state index contributed by atoms with van der Waals surface area (Å²) in [6.45, 7) is -0.341. The third kappa shape index (κ3) is 3.46. The predicted molar refractivity (Wildman–Crippen MR) is 69.8 cm³/mol. The number of rotatable bonds is 5. The van der Waals surface area contributed by atoms with Gasteiger partial charge in [-0.2, -0.15) is 4.39 Å². The molecule has 0 aromatic heterocycles. The third-order valence-electron chi connectivity index (χ3n) is 2.87. The first-order chi connectivity index (χ1) is 10.0. The lowest BCUT2D eigenvalue weighted by atomic mass is 10.1. The lowest BCUT2D eigenvalue weighted by molar-refractivity contribution is 0.105. The van der Waals surface area contributed by atoms with Crippen LogP contribution in [0.3, 0.4) is 0 Å². The molecule has 0 saturated heterocycles. The normalized spacial score (nSPS) is 12.0. The third-order valence-corrected chi connectivity index (χ3v) is 2.87. The summed E-state index contributed by atoms with van der Waals surface area (Å²) < 4.78 is 49.6. The fourth-order valence-corrected chi connectivity index (χ4v) is 1.75. The number of hydrogen-bond acceptors (Lipinski definition) is 3. The molecule has 0 fully saturated rings. The van der Waals surface area contributed by atoms with Gasteiger partial charge in [0.2, 0.25) is 5.82 Å². The van der Waals surface area contributed by atoms with E-state index in [1.54, 1.807) is 0 Å². The monoisotopic (exact) mass is 298 g/mol. The lowest BCUT2D eigenvalue weighted by Crippen LogP contribution is -2.11. The molecule has 0 saturated carbocycles. The van der Waals surface area contributed by atoms with Crippen molar-refractivity contribution in [2.45, 2.75) is 6.10 Å². The number of aliphatic hydroxyl groups is 1. The number of benzene rings is 2. The van der Waals surface area contributed by atoms with Crippen LogP contribution < -0.4 is 9.47 Å². The highest BCUT2D eigenvalue weighted by Gasteiger charge is 2.14. The molecule has 112 valence electrons. The summed E-state index contributed by atoms with van der Waals surface area (Å²) in [6.07, 6.45) is -1.19. The Labute approximate surface area is 119 Å². The van der Waals surface area contributed by atoms with Crippen LogP contribution in [0.5, 0.6) is 11.5 Å². The summed E-state index contributed by atoms with van der Waals surface area (Å²) in [5, 5.41) is 9.88. The van der Waals surface area contributed by atoms with Crippen LogP contribution in [0.1, 0.15) is 11.7 Å². The van der Waals surface area contributed by atoms with Crippen LogP contribution in [-0.4, -0.2) is 18.8 Å². The minimum absolute atomic E-state index is 0.0445. The van der Waals surface area contributed by atoms with E-state index in [0.717, 1.165) is 12.1 Å². The molecular formula is C15H13F3O3. The molecule has 1 N–H and O–H groups in total. The molecule has 0 heterocycles. The summed E-state index contributed by atoms with van der Waals surface area (Å²) in [4.78, 5) is 0. The van der Waals surface area contributed by atoms with Gasteiger partial charge >= 0.3 is 0 Å². The maximum Gasteiger partial charge on any atom is 0.200 e. The van der Waals surface area contributed by atoms with Gasteiger partial charge in [-0.3, -0.25) is 0 Å². The van der Waals surface area contributed by atoms with E-state index in [0.29, 0.717) is 0 Å². The van der Waals surface area contributed by atoms with Crippen LogP contribution in [0.25, 0.3) is 0 Å². The molecule has 0 aliphatic carbocycles. The number of halogens is 3. The number of hydrogen-bond donors (Lipinski definition) is 1. The van der Waals surface area contributed by atoms with E-state index in [2.05, 4.69) is 0 Å². The van der Waals surface area contributed by atoms with Crippen LogP contribution in [0.4, 0.5) is 13.2 Å². The average Bonchev–Trinajstić information content (AvgIpc) is 2.48. The van der Waals surface area contributed by atoms with Gasteiger partial charge in [0, 0.05) is 0 Å². The van der Waals surface area contributed by atoms with Crippen molar-refractivity contribution in [1.29, 1.82) is 0 Å². The molecule has 0 aliphatic rings. The van der Waals surface area contributed by atoms with Gasteiger partial charge in [0.25, 0.3) is 0 Å². The van der Waals surface area contributed by atoms with Crippen molar-refractivity contribution in [2.24, 2.45) is 0 Å². The van der Waals surface area contributed by atoms with Crippen molar-refractivity contribution in [3.05, 3.63) is 59.4 Å². The molecule has 0 radical (unpaired) electrons. The van der Waals surface area contributed by atoms with Crippen LogP contribution in [-0.2, 0) is 0 Å². The van der Waals surface area contributed by atoms with Crippen LogP contribution in [0.2, 0.25) is 0 Å². The van der Waals surface area contributed by atoms with Crippen molar-refractivity contribution >= 4 is 0 Å². The molecule has 0 aliphatic heterocycles. The van der Waals surface area contributed by atoms with Gasteiger partial charge in [-0.15, -0.1) is 0 Å². The van der Waals surface area contributed by atoms with E-state index in [1.165, 1.54) is 31.4 Å². The Balaban J connectivity index is 2.06.